The van der Waals surface area contributed by atoms with Crippen LogP contribution in [0.3, 0.4) is 0 Å². The van der Waals surface area contributed by atoms with Crippen LogP contribution in [0.1, 0.15) is 20.8 Å². The van der Waals surface area contributed by atoms with Gasteiger partial charge in [0.15, 0.2) is 0 Å². The molecule has 1 N–H and O–H groups in total. The van der Waals surface area contributed by atoms with E-state index in [4.69, 9.17) is 4.74 Å². The zero-order valence-electron chi connectivity index (χ0n) is 8.76. The number of nitrogens with zero attached hydrogens (tertiary/aromatic N) is 1. The molecule has 0 amide bonds. The Balaban J connectivity index is 2.37. The predicted octanol–water partition coefficient (Wildman–Crippen LogP) is 0.394. The van der Waals surface area contributed by atoms with E-state index in [-0.39, 0.29) is 12.1 Å². The van der Waals surface area contributed by atoms with Crippen molar-refractivity contribution in [2.45, 2.75) is 26.9 Å². The monoisotopic (exact) mass is 186 g/mol. The molecular formula is C9H18N2O2. The second kappa shape index (κ2) is 3.64. The molecule has 1 unspecified atom stereocenters. The van der Waals surface area contributed by atoms with Gasteiger partial charge >= 0.3 is 5.97 Å². The van der Waals surface area contributed by atoms with E-state index in [1.807, 2.05) is 32.8 Å². The molecule has 13 heavy (non-hydrogen) atoms. The Labute approximate surface area is 79.2 Å². The van der Waals surface area contributed by atoms with E-state index in [1.165, 1.54) is 0 Å². The third-order valence-corrected chi connectivity index (χ3v) is 1.95. The van der Waals surface area contributed by atoms with Crippen molar-refractivity contribution < 1.29 is 9.53 Å². The lowest BCUT2D eigenvalue weighted by Crippen LogP contribution is -2.30. The highest BCUT2D eigenvalue weighted by Gasteiger charge is 2.29. The van der Waals surface area contributed by atoms with Crippen molar-refractivity contribution in [1.29, 1.82) is 0 Å². The second-order valence-corrected chi connectivity index (χ2v) is 4.52. The number of rotatable bonds is 1. The fourth-order valence-corrected chi connectivity index (χ4v) is 1.10. The first kappa shape index (κ1) is 10.5. The quantitative estimate of drug-likeness (QED) is 0.602. The molecule has 1 aliphatic rings. The van der Waals surface area contributed by atoms with Crippen molar-refractivity contribution >= 4 is 5.97 Å². The molecule has 1 atom stereocenters. The van der Waals surface area contributed by atoms with Crippen LogP contribution >= 0.6 is 0 Å². The summed E-state index contributed by atoms with van der Waals surface area (Å²) in [6.07, 6.45) is -0.00303. The molecule has 1 aliphatic heterocycles. The predicted molar refractivity (Wildman–Crippen MR) is 50.0 cm³/mol. The number of esters is 1. The summed E-state index contributed by atoms with van der Waals surface area (Å²) in [5, 5.41) is 1.93. The minimum absolute atomic E-state index is 0.00303. The number of nitrogens with one attached hydrogen (secondary N) is 1. The Kier molecular flexibility index (Phi) is 2.93. The van der Waals surface area contributed by atoms with E-state index >= 15 is 0 Å². The first-order chi connectivity index (χ1) is 5.89. The fourth-order valence-electron chi connectivity index (χ4n) is 1.10. The number of ether oxygens (including phenoxy) is 1. The topological polar surface area (TPSA) is 41.6 Å². The number of hydrazine groups is 1. The summed E-state index contributed by atoms with van der Waals surface area (Å²) in [5.74, 6) is -0.130. The van der Waals surface area contributed by atoms with E-state index in [9.17, 15) is 4.79 Å². The zero-order chi connectivity index (χ0) is 10.1. The van der Waals surface area contributed by atoms with Crippen LogP contribution in [0.5, 0.6) is 0 Å². The molecule has 4 nitrogen and oxygen atoms in total. The summed E-state index contributed by atoms with van der Waals surface area (Å²) in [7, 11) is 1.94. The highest BCUT2D eigenvalue weighted by Crippen LogP contribution is 2.17. The van der Waals surface area contributed by atoms with Gasteiger partial charge in [0.1, 0.15) is 6.10 Å². The van der Waals surface area contributed by atoms with Gasteiger partial charge in [0.05, 0.1) is 12.0 Å². The van der Waals surface area contributed by atoms with Crippen molar-refractivity contribution in [3.63, 3.8) is 0 Å². The smallest absolute Gasteiger partial charge is 0.311 e. The molecule has 0 saturated carbocycles. The lowest BCUT2D eigenvalue weighted by Gasteiger charge is -2.19. The molecule has 0 bridgehead atoms. The van der Waals surface area contributed by atoms with Crippen LogP contribution in [-0.4, -0.2) is 37.2 Å². The molecule has 0 spiro atoms. The summed E-state index contributed by atoms with van der Waals surface area (Å²) in [4.78, 5) is 11.5. The minimum atomic E-state index is -0.402. The fraction of sp³-hybridized carbons (Fsp3) is 0.889. The molecule has 1 rings (SSSR count). The van der Waals surface area contributed by atoms with Crippen molar-refractivity contribution in [2.75, 3.05) is 20.1 Å². The van der Waals surface area contributed by atoms with Gasteiger partial charge in [-0.25, -0.2) is 5.01 Å². The Morgan fingerprint density at radius 1 is 1.54 bits per heavy atom. The summed E-state index contributed by atoms with van der Waals surface area (Å²) in [5.41, 5.74) is 2.68. The maximum absolute atomic E-state index is 11.5. The highest BCUT2D eigenvalue weighted by molar-refractivity contribution is 5.75. The van der Waals surface area contributed by atoms with Gasteiger partial charge in [-0.2, -0.15) is 0 Å². The molecule has 0 aliphatic carbocycles. The van der Waals surface area contributed by atoms with Gasteiger partial charge in [0.2, 0.25) is 0 Å². The summed E-state index contributed by atoms with van der Waals surface area (Å²) < 4.78 is 5.30. The average Bonchev–Trinajstić information content (AvgIpc) is 2.33. The average molecular weight is 186 g/mol. The number of hydrogen-bond donors (Lipinski definition) is 1. The molecule has 0 aromatic carbocycles. The first-order valence-electron chi connectivity index (χ1n) is 4.55. The Bertz CT molecular complexity index is 198. The van der Waals surface area contributed by atoms with Crippen LogP contribution in [0.25, 0.3) is 0 Å². The van der Waals surface area contributed by atoms with E-state index < -0.39 is 5.41 Å². The van der Waals surface area contributed by atoms with Gasteiger partial charge in [-0.05, 0) is 20.8 Å². The Morgan fingerprint density at radius 2 is 2.15 bits per heavy atom. The SMILES string of the molecule is CN1CC(OC(=O)C(C)(C)C)CN1. The van der Waals surface area contributed by atoms with Gasteiger partial charge in [0, 0.05) is 13.6 Å². The van der Waals surface area contributed by atoms with E-state index in [2.05, 4.69) is 5.43 Å². The molecular weight excluding hydrogens is 168 g/mol. The molecule has 0 radical (unpaired) electrons. The number of hydrogen-bond acceptors (Lipinski definition) is 4. The highest BCUT2D eigenvalue weighted by atomic mass is 16.5. The molecule has 1 heterocycles. The van der Waals surface area contributed by atoms with Gasteiger partial charge in [-0.3, -0.25) is 10.2 Å². The molecule has 1 saturated heterocycles. The standard InChI is InChI=1S/C9H18N2O2/c1-9(2,3)8(12)13-7-5-10-11(4)6-7/h7,10H,5-6H2,1-4H3. The molecule has 0 aromatic heterocycles. The van der Waals surface area contributed by atoms with Gasteiger partial charge < -0.3 is 4.74 Å². The zero-order valence-corrected chi connectivity index (χ0v) is 8.76. The van der Waals surface area contributed by atoms with Gasteiger partial charge in [-0.15, -0.1) is 0 Å². The normalized spacial score (nSPS) is 24.8. The Morgan fingerprint density at radius 3 is 2.54 bits per heavy atom. The van der Waals surface area contributed by atoms with Crippen LogP contribution in [0.2, 0.25) is 0 Å². The second-order valence-electron chi connectivity index (χ2n) is 4.52. The lowest BCUT2D eigenvalue weighted by molar-refractivity contribution is -0.157. The van der Waals surface area contributed by atoms with Gasteiger partial charge in [-0.1, -0.05) is 0 Å². The van der Waals surface area contributed by atoms with Crippen LogP contribution in [0.15, 0.2) is 0 Å². The third kappa shape index (κ3) is 2.97. The number of carbonyl (C=O) groups is 1. The molecule has 4 heteroatoms. The molecule has 1 fully saturated rings. The first-order valence-corrected chi connectivity index (χ1v) is 4.55. The number of carbonyl (C=O) groups excluding carboxylic acids is 1. The van der Waals surface area contributed by atoms with Crippen LogP contribution in [-0.2, 0) is 9.53 Å². The van der Waals surface area contributed by atoms with Crippen molar-refractivity contribution in [2.24, 2.45) is 5.41 Å². The lowest BCUT2D eigenvalue weighted by atomic mass is 9.97. The molecule has 0 aromatic rings. The summed E-state index contributed by atoms with van der Waals surface area (Å²) in [6.45, 7) is 7.07. The van der Waals surface area contributed by atoms with Crippen LogP contribution in [0.4, 0.5) is 0 Å². The third-order valence-electron chi connectivity index (χ3n) is 1.95. The minimum Gasteiger partial charge on any atom is -0.459 e. The summed E-state index contributed by atoms with van der Waals surface area (Å²) >= 11 is 0. The Hall–Kier alpha value is -0.610. The van der Waals surface area contributed by atoms with Crippen LogP contribution in [0, 0.1) is 5.41 Å². The van der Waals surface area contributed by atoms with E-state index in [0.717, 1.165) is 13.1 Å². The number of likely N-dealkylation sites (N-methyl/N-ethyl adjacent to an activating group) is 1. The van der Waals surface area contributed by atoms with E-state index in [1.54, 1.807) is 0 Å². The molecule has 76 valence electrons. The largest absolute Gasteiger partial charge is 0.459 e. The maximum Gasteiger partial charge on any atom is 0.311 e. The van der Waals surface area contributed by atoms with Crippen molar-refractivity contribution in [1.82, 2.24) is 10.4 Å². The maximum atomic E-state index is 11.5. The van der Waals surface area contributed by atoms with Crippen molar-refractivity contribution in [3.8, 4) is 0 Å². The summed E-state index contributed by atoms with van der Waals surface area (Å²) in [6, 6.07) is 0. The van der Waals surface area contributed by atoms with Crippen molar-refractivity contribution in [3.05, 3.63) is 0 Å². The van der Waals surface area contributed by atoms with E-state index in [0.29, 0.717) is 0 Å². The van der Waals surface area contributed by atoms with Gasteiger partial charge in [0.25, 0.3) is 0 Å². The van der Waals surface area contributed by atoms with Crippen LogP contribution < -0.4 is 5.43 Å².